The van der Waals surface area contributed by atoms with Crippen molar-refractivity contribution < 1.29 is 43.8 Å². The van der Waals surface area contributed by atoms with Crippen LogP contribution in [0.1, 0.15) is 59.8 Å². The first-order valence-corrected chi connectivity index (χ1v) is 17.2. The van der Waals surface area contributed by atoms with Crippen LogP contribution in [0.3, 0.4) is 0 Å². The van der Waals surface area contributed by atoms with Gasteiger partial charge in [0.2, 0.25) is 41.4 Å². The molecule has 20 heteroatoms. The predicted molar refractivity (Wildman–Crippen MR) is 186 cm³/mol. The average Bonchev–Trinajstić information content (AvgIpc) is 3.05. The Morgan fingerprint density at radius 2 is 0.961 bits per heavy atom. The van der Waals surface area contributed by atoms with Crippen LogP contribution in [0.2, 0.25) is 0 Å². The summed E-state index contributed by atoms with van der Waals surface area (Å²) in [5.74, 6) is -5.72. The van der Waals surface area contributed by atoms with E-state index in [9.17, 15) is 43.8 Å². The van der Waals surface area contributed by atoms with Crippen LogP contribution in [0.25, 0.3) is 0 Å². The molecule has 0 aromatic carbocycles. The summed E-state index contributed by atoms with van der Waals surface area (Å²) in [5, 5.41) is 41.2. The number of hydrogen-bond acceptors (Lipinski definition) is 13. The summed E-state index contributed by atoms with van der Waals surface area (Å²) in [4.78, 5) is 93.4. The molecule has 0 radical (unpaired) electrons. The van der Waals surface area contributed by atoms with E-state index in [4.69, 9.17) is 17.2 Å². The third-order valence-electron chi connectivity index (χ3n) is 8.13. The molecule has 51 heavy (non-hydrogen) atoms. The zero-order valence-electron chi connectivity index (χ0n) is 30.1. The van der Waals surface area contributed by atoms with Gasteiger partial charge in [-0.15, -0.1) is 0 Å². The van der Waals surface area contributed by atoms with Crippen molar-refractivity contribution in [1.82, 2.24) is 42.5 Å². The van der Waals surface area contributed by atoms with Crippen molar-refractivity contribution in [3.05, 3.63) is 0 Å². The molecule has 1 heterocycles. The minimum absolute atomic E-state index is 0.0000938. The second-order valence-electron chi connectivity index (χ2n) is 13.0. The summed E-state index contributed by atoms with van der Waals surface area (Å²) in [6.07, 6.45) is -2.90. The summed E-state index contributed by atoms with van der Waals surface area (Å²) in [5.41, 5.74) is 17.1. The lowest BCUT2D eigenvalue weighted by Gasteiger charge is -2.29. The molecule has 1 saturated heterocycles. The van der Waals surface area contributed by atoms with Crippen LogP contribution in [-0.4, -0.2) is 139 Å². The van der Waals surface area contributed by atoms with Gasteiger partial charge in [-0.1, -0.05) is 13.8 Å². The van der Waals surface area contributed by atoms with Gasteiger partial charge < -0.3 is 69.9 Å². The summed E-state index contributed by atoms with van der Waals surface area (Å²) in [6, 6.07) is -8.99. The molecule has 20 nitrogen and oxygen atoms in total. The Hall–Kier alpha value is -3.95. The van der Waals surface area contributed by atoms with Gasteiger partial charge >= 0.3 is 0 Å². The van der Waals surface area contributed by atoms with Gasteiger partial charge in [0.05, 0.1) is 18.2 Å². The van der Waals surface area contributed by atoms with Gasteiger partial charge in [0, 0.05) is 6.54 Å². The number of likely N-dealkylation sites (N-methyl/N-ethyl adjacent to an activating group) is 1. The summed E-state index contributed by atoms with van der Waals surface area (Å²) >= 11 is 0. The molecule has 1 rings (SSSR count). The maximum Gasteiger partial charge on any atom is 0.245 e. The van der Waals surface area contributed by atoms with E-state index in [1.807, 2.05) is 0 Å². The van der Waals surface area contributed by atoms with Crippen LogP contribution in [0.4, 0.5) is 0 Å². The lowest BCUT2D eigenvalue weighted by molar-refractivity contribution is -0.137. The van der Waals surface area contributed by atoms with Crippen LogP contribution in [0, 0.1) is 5.92 Å². The lowest BCUT2D eigenvalue weighted by atomic mass is 10.0. The number of aliphatic hydroxyl groups excluding tert-OH is 2. The summed E-state index contributed by atoms with van der Waals surface area (Å²) in [6.45, 7) is 5.88. The number of nitrogens with one attached hydrogen (secondary N) is 8. The highest BCUT2D eigenvalue weighted by molar-refractivity contribution is 5.97. The van der Waals surface area contributed by atoms with Crippen LogP contribution in [0.5, 0.6) is 0 Å². The second kappa shape index (κ2) is 22.8. The van der Waals surface area contributed by atoms with Crippen LogP contribution < -0.4 is 59.7 Å². The monoisotopic (exact) mass is 729 g/mol. The maximum atomic E-state index is 13.5. The molecule has 1 aliphatic heterocycles. The Labute approximate surface area is 298 Å². The Kier molecular flexibility index (Phi) is 20.1. The summed E-state index contributed by atoms with van der Waals surface area (Å²) < 4.78 is 0. The van der Waals surface area contributed by atoms with Crippen molar-refractivity contribution in [3.63, 3.8) is 0 Å². The first-order chi connectivity index (χ1) is 24.0. The van der Waals surface area contributed by atoms with E-state index >= 15 is 0 Å². The third-order valence-corrected chi connectivity index (χ3v) is 8.13. The highest BCUT2D eigenvalue weighted by atomic mass is 16.3. The van der Waals surface area contributed by atoms with Gasteiger partial charge in [0.15, 0.2) is 0 Å². The number of aliphatic hydroxyl groups is 2. The molecule has 7 amide bonds. The highest BCUT2D eigenvalue weighted by Crippen LogP contribution is 2.09. The number of rotatable bonds is 11. The van der Waals surface area contributed by atoms with Gasteiger partial charge in [-0.05, 0) is 78.6 Å². The zero-order chi connectivity index (χ0) is 38.8. The van der Waals surface area contributed by atoms with Gasteiger partial charge in [0.25, 0.3) is 0 Å². The Morgan fingerprint density at radius 3 is 1.37 bits per heavy atom. The van der Waals surface area contributed by atoms with Crippen LogP contribution in [0.15, 0.2) is 0 Å². The van der Waals surface area contributed by atoms with Gasteiger partial charge in [0.1, 0.15) is 36.3 Å². The first-order valence-electron chi connectivity index (χ1n) is 17.2. The fourth-order valence-corrected chi connectivity index (χ4v) is 5.26. The summed E-state index contributed by atoms with van der Waals surface area (Å²) in [7, 11) is 1.50. The van der Waals surface area contributed by atoms with Crippen molar-refractivity contribution in [2.24, 2.45) is 23.1 Å². The standard InChI is InChI=1S/C31H59N11O9/c1-15(2)14-22-29(49)42-24(17(4)44)31(51)39-20(7-11-33)26(46)38-21(8-12-34)28(48)41-23(16(3)43)30(50)36-13-9-18(35-5)25(45)37-19(6-10-32)27(47)40-22/h15-24,35,43-44H,6-14,32-34H2,1-5H3,(H,36,50)(H,37,45)(H,38,46)(H,39,51)(H,40,47)(H,41,48)(H,42,49). The topological polar surface area (TPSA) is 334 Å². The molecule has 0 spiro atoms. The Morgan fingerprint density at radius 1 is 0.588 bits per heavy atom. The normalized spacial score (nSPS) is 28.3. The van der Waals surface area contributed by atoms with E-state index in [1.165, 1.54) is 20.9 Å². The van der Waals surface area contributed by atoms with E-state index in [1.54, 1.807) is 13.8 Å². The van der Waals surface area contributed by atoms with Crippen LogP contribution >= 0.6 is 0 Å². The van der Waals surface area contributed by atoms with E-state index in [-0.39, 0.29) is 64.2 Å². The molecule has 1 fully saturated rings. The Bertz CT molecular complexity index is 1190. The van der Waals surface area contributed by atoms with Crippen molar-refractivity contribution >= 4 is 41.4 Å². The van der Waals surface area contributed by atoms with Gasteiger partial charge in [-0.3, -0.25) is 33.6 Å². The van der Waals surface area contributed by atoms with Gasteiger partial charge in [-0.2, -0.15) is 0 Å². The van der Waals surface area contributed by atoms with E-state index in [2.05, 4.69) is 42.5 Å². The SMILES string of the molecule is CNC1CCNC(=O)C(C(C)O)NC(=O)C(CCN)NC(=O)C(CCN)NC(=O)C(C(C)O)NC(=O)C(CC(C)C)NC(=O)C(CCN)NC1=O. The van der Waals surface area contributed by atoms with Crippen molar-refractivity contribution in [2.75, 3.05) is 33.2 Å². The lowest BCUT2D eigenvalue weighted by Crippen LogP contribution is -2.62. The second-order valence-corrected chi connectivity index (χ2v) is 13.0. The minimum Gasteiger partial charge on any atom is -0.391 e. The minimum atomic E-state index is -1.59. The molecule has 0 aliphatic carbocycles. The number of carbonyl (C=O) groups excluding carboxylic acids is 7. The first kappa shape index (κ1) is 45.1. The zero-order valence-corrected chi connectivity index (χ0v) is 30.1. The molecule has 1 aliphatic rings. The fraction of sp³-hybridized carbons (Fsp3) is 0.774. The van der Waals surface area contributed by atoms with Gasteiger partial charge in [-0.25, -0.2) is 0 Å². The molecule has 292 valence electrons. The average molecular weight is 730 g/mol. The molecule has 0 saturated carbocycles. The molecule has 9 atom stereocenters. The van der Waals surface area contributed by atoms with Crippen molar-refractivity contribution in [1.29, 1.82) is 0 Å². The highest BCUT2D eigenvalue weighted by Gasteiger charge is 2.36. The molecule has 16 N–H and O–H groups in total. The quantitative estimate of drug-likeness (QED) is 0.0943. The molecule has 0 aromatic heterocycles. The molecule has 0 bridgehead atoms. The van der Waals surface area contributed by atoms with E-state index in [0.29, 0.717) is 0 Å². The number of hydrogen-bond donors (Lipinski definition) is 13. The number of amides is 7. The molecular formula is C31H59N11O9. The van der Waals surface area contributed by atoms with E-state index in [0.717, 1.165) is 0 Å². The van der Waals surface area contributed by atoms with Crippen molar-refractivity contribution in [3.8, 4) is 0 Å². The third kappa shape index (κ3) is 15.1. The molecule has 0 aromatic rings. The number of carbonyl (C=O) groups is 7. The molecular weight excluding hydrogens is 670 g/mol. The fourth-order valence-electron chi connectivity index (χ4n) is 5.26. The van der Waals surface area contributed by atoms with Crippen molar-refractivity contribution in [2.45, 2.75) is 114 Å². The largest absolute Gasteiger partial charge is 0.391 e. The maximum absolute atomic E-state index is 13.5. The predicted octanol–water partition coefficient (Wildman–Crippen LogP) is -6.14. The Balaban J connectivity index is 3.63. The number of nitrogens with two attached hydrogens (primary N) is 3. The van der Waals surface area contributed by atoms with E-state index < -0.39 is 95.9 Å². The smallest absolute Gasteiger partial charge is 0.245 e. The van der Waals surface area contributed by atoms with Crippen LogP contribution in [-0.2, 0) is 33.6 Å². The molecule has 9 unspecified atom stereocenters.